The van der Waals surface area contributed by atoms with E-state index in [-0.39, 0.29) is 94.2 Å². The minimum atomic E-state index is -6.13. The van der Waals surface area contributed by atoms with Crippen LogP contribution in [0.25, 0.3) is 22.2 Å². The Kier molecular flexibility index (Phi) is 11.7. The number of aromatic nitrogens is 2. The topological polar surface area (TPSA) is 255 Å². The van der Waals surface area contributed by atoms with Crippen LogP contribution in [0.15, 0.2) is 50.2 Å². The Morgan fingerprint density at radius 2 is 1.18 bits per heavy atom. The average molecular weight is 580 g/mol. The third kappa shape index (κ3) is 6.90. The summed E-state index contributed by atoms with van der Waals surface area (Å²) in [6.07, 6.45) is 0. The van der Waals surface area contributed by atoms with E-state index in [0.717, 1.165) is 12.1 Å². The average Bonchev–Trinajstić information content (AvgIpc) is 3.02. The van der Waals surface area contributed by atoms with Gasteiger partial charge in [0, 0.05) is 5.56 Å². The molecule has 0 aliphatic heterocycles. The van der Waals surface area contributed by atoms with Crippen molar-refractivity contribution < 1.29 is 141 Å². The first kappa shape index (κ1) is 34.6. The quantitative estimate of drug-likeness (QED) is 0.210. The van der Waals surface area contributed by atoms with E-state index in [1.54, 1.807) is 0 Å². The fourth-order valence-corrected chi connectivity index (χ4v) is 6.75. The maximum atomic E-state index is 12.1. The largest absolute Gasteiger partial charge is 1.00 e. The van der Waals surface area contributed by atoms with Gasteiger partial charge in [0.25, 0.3) is 10.1 Å². The van der Waals surface area contributed by atoms with Crippen molar-refractivity contribution in [3.05, 3.63) is 30.3 Å². The fraction of sp³-hybridized carbons (Fsp3) is 0. The smallest absolute Gasteiger partial charge is 0.744 e. The van der Waals surface area contributed by atoms with Crippen LogP contribution in [0.3, 0.4) is 0 Å². The third-order valence-corrected chi connectivity index (χ3v) is 7.50. The van der Waals surface area contributed by atoms with Crippen molar-refractivity contribution in [2.75, 3.05) is 0 Å². The molecule has 0 saturated heterocycles. The van der Waals surface area contributed by atoms with Crippen molar-refractivity contribution in [2.24, 2.45) is 0 Å². The van der Waals surface area contributed by atoms with Crippen LogP contribution in [0.5, 0.6) is 0 Å². The van der Waals surface area contributed by atoms with Gasteiger partial charge in [-0.2, -0.15) is 8.42 Å². The van der Waals surface area contributed by atoms with Crippen molar-refractivity contribution in [3.63, 3.8) is 0 Å². The molecule has 0 unspecified atom stereocenters. The number of hydrogen-bond donors (Lipinski definition) is 2. The SMILES string of the molecule is O=S(=O)([O-])c1nc2c(S(=O)(=O)[O-])c(S(=O)(=O)[O-])c(S(=O)(=O)O)c(-c3ccccc3)c2[nH]1.[Na+].[Na+].[Na+]. The van der Waals surface area contributed by atoms with E-state index in [4.69, 9.17) is 0 Å². The molecule has 0 aliphatic carbocycles. The predicted molar refractivity (Wildman–Crippen MR) is 95.2 cm³/mol. The Morgan fingerprint density at radius 1 is 0.706 bits per heavy atom. The minimum Gasteiger partial charge on any atom is -0.744 e. The van der Waals surface area contributed by atoms with Gasteiger partial charge < -0.3 is 18.6 Å². The number of hydrogen-bond acceptors (Lipinski definition) is 12. The van der Waals surface area contributed by atoms with Crippen LogP contribution in [0.2, 0.25) is 0 Å². The Hall–Kier alpha value is 0.550. The second-order valence-electron chi connectivity index (χ2n) is 5.83. The summed E-state index contributed by atoms with van der Waals surface area (Å²) < 4.78 is 139. The molecule has 14 nitrogen and oxygen atoms in total. The van der Waals surface area contributed by atoms with Crippen LogP contribution in [0, 0.1) is 0 Å². The monoisotopic (exact) mass is 580 g/mol. The summed E-state index contributed by atoms with van der Waals surface area (Å²) in [6.45, 7) is 0. The molecule has 1 heterocycles. The van der Waals surface area contributed by atoms with Crippen molar-refractivity contribution >= 4 is 51.5 Å². The summed E-state index contributed by atoms with van der Waals surface area (Å²) in [5, 5.41) is -1.51. The van der Waals surface area contributed by atoms with Crippen LogP contribution in [0.1, 0.15) is 0 Å². The zero-order valence-electron chi connectivity index (χ0n) is 17.4. The van der Waals surface area contributed by atoms with Crippen LogP contribution in [0.4, 0.5) is 0 Å². The second-order valence-corrected chi connectivity index (χ2v) is 11.1. The maximum absolute atomic E-state index is 12.1. The summed E-state index contributed by atoms with van der Waals surface area (Å²) in [6, 6.07) is 6.20. The van der Waals surface area contributed by atoms with Gasteiger partial charge in [0.15, 0.2) is 10.1 Å². The molecule has 21 heteroatoms. The van der Waals surface area contributed by atoms with Crippen molar-refractivity contribution in [2.45, 2.75) is 19.8 Å². The van der Waals surface area contributed by atoms with Crippen molar-refractivity contribution in [1.82, 2.24) is 9.97 Å². The third-order valence-electron chi connectivity index (χ3n) is 3.84. The number of aromatic amines is 1. The van der Waals surface area contributed by atoms with Crippen LogP contribution >= 0.6 is 0 Å². The molecule has 34 heavy (non-hydrogen) atoms. The molecule has 3 aromatic rings. The molecular weight excluding hydrogens is 573 g/mol. The van der Waals surface area contributed by atoms with Crippen LogP contribution in [-0.4, -0.2) is 61.9 Å². The molecule has 0 spiro atoms. The normalized spacial score (nSPS) is 12.4. The molecule has 2 aromatic carbocycles. The molecule has 2 N–H and O–H groups in total. The van der Waals surface area contributed by atoms with Gasteiger partial charge in [-0.3, -0.25) is 4.55 Å². The van der Waals surface area contributed by atoms with E-state index >= 15 is 0 Å². The minimum absolute atomic E-state index is 0. The first-order valence-corrected chi connectivity index (χ1v) is 13.1. The Morgan fingerprint density at radius 3 is 1.56 bits per heavy atom. The van der Waals surface area contributed by atoms with E-state index in [1.807, 2.05) is 4.98 Å². The van der Waals surface area contributed by atoms with Gasteiger partial charge in [-0.1, -0.05) is 30.3 Å². The summed E-state index contributed by atoms with van der Waals surface area (Å²) in [5.41, 5.74) is -3.42. The number of nitrogens with zero attached hydrogens (tertiary/aromatic N) is 1. The Balaban J connectivity index is 0.00000363. The predicted octanol–water partition coefficient (Wildman–Crippen LogP) is -9.80. The van der Waals surface area contributed by atoms with Crippen LogP contribution in [-0.2, 0) is 40.5 Å². The molecule has 0 aliphatic rings. The zero-order chi connectivity index (χ0) is 23.6. The standard InChI is InChI=1S/C13H10N2O12S4.3Na/c16-28(17,18)10-7(6-4-2-1-3-5-6)8-9(15-13(14-8)31(25,26)27)11(29(19,20)21)12(10)30(22,23)24;;;/h1-5H,(H,14,15)(H,16,17,18)(H,19,20,21)(H,22,23,24)(H,25,26,27);;;/q;3*+1/p-3. The Labute approximate surface area is 259 Å². The van der Waals surface area contributed by atoms with E-state index < -0.39 is 76.9 Å². The van der Waals surface area contributed by atoms with Gasteiger partial charge in [0.05, 0.1) is 10.4 Å². The molecular formula is C13H7N2Na3O12S4. The number of imidazole rings is 1. The number of benzene rings is 2. The van der Waals surface area contributed by atoms with Crippen LogP contribution < -0.4 is 88.7 Å². The number of fused-ring (bicyclic) bond motifs is 1. The second kappa shape index (κ2) is 11.5. The summed E-state index contributed by atoms with van der Waals surface area (Å²) in [7, 11) is -23.4. The molecule has 168 valence electrons. The van der Waals surface area contributed by atoms with E-state index in [0.29, 0.717) is 0 Å². The summed E-state index contributed by atoms with van der Waals surface area (Å²) in [4.78, 5) is -1.09. The number of rotatable bonds is 5. The maximum Gasteiger partial charge on any atom is 1.00 e. The molecule has 1 aromatic heterocycles. The molecule has 3 rings (SSSR count). The first-order valence-electron chi connectivity index (χ1n) is 7.44. The molecule has 0 radical (unpaired) electrons. The first-order chi connectivity index (χ1) is 13.9. The summed E-state index contributed by atoms with van der Waals surface area (Å²) >= 11 is 0. The molecule has 0 bridgehead atoms. The van der Waals surface area contributed by atoms with E-state index in [9.17, 15) is 51.9 Å². The van der Waals surface area contributed by atoms with Gasteiger partial charge in [-0.25, -0.2) is 30.2 Å². The van der Waals surface area contributed by atoms with Gasteiger partial charge in [0.2, 0.25) is 5.16 Å². The van der Waals surface area contributed by atoms with E-state index in [1.165, 1.54) is 18.2 Å². The van der Waals surface area contributed by atoms with E-state index in [2.05, 4.69) is 4.98 Å². The van der Waals surface area contributed by atoms with Gasteiger partial charge in [-0.15, -0.1) is 0 Å². The molecule has 0 atom stereocenters. The fourth-order valence-electron chi connectivity index (χ4n) is 2.84. The number of H-pyrrole nitrogens is 1. The summed E-state index contributed by atoms with van der Waals surface area (Å²) in [5.74, 6) is 0. The zero-order valence-corrected chi connectivity index (χ0v) is 26.7. The molecule has 0 saturated carbocycles. The molecule has 0 fully saturated rings. The Bertz CT molecular complexity index is 1670. The van der Waals surface area contributed by atoms with Gasteiger partial charge in [-0.05, 0) is 5.56 Å². The van der Waals surface area contributed by atoms with Crippen molar-refractivity contribution in [1.29, 1.82) is 0 Å². The number of nitrogens with one attached hydrogen (secondary N) is 1. The molecule has 0 amide bonds. The van der Waals surface area contributed by atoms with Crippen molar-refractivity contribution in [3.8, 4) is 11.1 Å². The van der Waals surface area contributed by atoms with Gasteiger partial charge >= 0.3 is 88.7 Å². The van der Waals surface area contributed by atoms with Gasteiger partial charge in [0.1, 0.15) is 35.5 Å².